The van der Waals surface area contributed by atoms with E-state index in [-0.39, 0.29) is 49.2 Å². The van der Waals surface area contributed by atoms with Crippen molar-refractivity contribution in [3.63, 3.8) is 0 Å². The number of ether oxygens (including phenoxy) is 1. The predicted octanol–water partition coefficient (Wildman–Crippen LogP) is -0.434. The second kappa shape index (κ2) is 8.61. The van der Waals surface area contributed by atoms with Crippen molar-refractivity contribution in [3.05, 3.63) is 12.7 Å². The van der Waals surface area contributed by atoms with Crippen LogP contribution in [0.3, 0.4) is 0 Å². The molecule has 8 heteroatoms. The first kappa shape index (κ1) is 16.7. The minimum absolute atomic E-state index is 0. The first-order chi connectivity index (χ1) is 5.95. The van der Waals surface area contributed by atoms with Crippen molar-refractivity contribution in [2.24, 2.45) is 0 Å². The molecule has 0 aromatic heterocycles. The van der Waals surface area contributed by atoms with Crippen LogP contribution >= 0.6 is 7.82 Å². The zero-order valence-corrected chi connectivity index (χ0v) is 7.77. The van der Waals surface area contributed by atoms with Gasteiger partial charge in [0.15, 0.2) is 0 Å². The van der Waals surface area contributed by atoms with Gasteiger partial charge in [0.1, 0.15) is 0 Å². The summed E-state index contributed by atoms with van der Waals surface area (Å²) in [5.41, 5.74) is 0. The third-order valence-corrected chi connectivity index (χ3v) is 1.48. The Balaban J connectivity index is 0. The number of carbonyl (C=O) groups excluding carboxylic acids is 1. The van der Waals surface area contributed by atoms with Crippen LogP contribution in [0.2, 0.25) is 0 Å². The molecule has 0 fully saturated rings. The quantitative estimate of drug-likeness (QED) is 0.213. The molecule has 78 valence electrons. The summed E-state index contributed by atoms with van der Waals surface area (Å²) in [5.74, 6) is -0.573. The van der Waals surface area contributed by atoms with Gasteiger partial charge in [-0.15, -0.1) is 0 Å². The molecular formula is C6H12NaO6P. The van der Waals surface area contributed by atoms with E-state index in [1.54, 1.807) is 0 Å². The van der Waals surface area contributed by atoms with Gasteiger partial charge in [-0.1, -0.05) is 6.58 Å². The molecule has 0 aromatic rings. The minimum atomic E-state index is -4.40. The molecule has 0 unspecified atom stereocenters. The Morgan fingerprint density at radius 2 is 2.00 bits per heavy atom. The second-order valence-corrected chi connectivity index (χ2v) is 3.29. The average Bonchev–Trinajstić information content (AvgIpc) is 2.01. The normalized spacial score (nSPS) is 10.1. The van der Waals surface area contributed by atoms with E-state index in [2.05, 4.69) is 15.8 Å². The summed E-state index contributed by atoms with van der Waals surface area (Å²) in [4.78, 5) is 26.9. The second-order valence-electron chi connectivity index (χ2n) is 2.05. The van der Waals surface area contributed by atoms with Gasteiger partial charge in [0.25, 0.3) is 0 Å². The fourth-order valence-electron chi connectivity index (χ4n) is 0.474. The first-order valence-electron chi connectivity index (χ1n) is 3.45. The van der Waals surface area contributed by atoms with Crippen molar-refractivity contribution in [3.8, 4) is 0 Å². The summed E-state index contributed by atoms with van der Waals surface area (Å²) >= 11 is 0. The van der Waals surface area contributed by atoms with Crippen LogP contribution in [-0.2, 0) is 18.6 Å². The topological polar surface area (TPSA) is 93.1 Å². The van der Waals surface area contributed by atoms with E-state index >= 15 is 0 Å². The molecule has 0 rings (SSSR count). The van der Waals surface area contributed by atoms with E-state index < -0.39 is 13.8 Å². The van der Waals surface area contributed by atoms with Gasteiger partial charge in [0.05, 0.1) is 13.2 Å². The third kappa shape index (κ3) is 12.3. The van der Waals surface area contributed by atoms with Gasteiger partial charge in [-0.25, -0.2) is 9.36 Å². The van der Waals surface area contributed by atoms with Crippen molar-refractivity contribution in [1.82, 2.24) is 0 Å². The summed E-state index contributed by atoms with van der Waals surface area (Å²) in [7, 11) is -4.40. The Morgan fingerprint density at radius 3 is 2.43 bits per heavy atom. The van der Waals surface area contributed by atoms with Crippen LogP contribution in [0.4, 0.5) is 0 Å². The van der Waals surface area contributed by atoms with Crippen LogP contribution in [0.5, 0.6) is 0 Å². The molecule has 0 saturated carbocycles. The Morgan fingerprint density at radius 1 is 1.43 bits per heavy atom. The number of hydrogen-bond donors (Lipinski definition) is 2. The maximum absolute atomic E-state index is 10.4. The summed E-state index contributed by atoms with van der Waals surface area (Å²) < 4.78 is 18.7. The van der Waals surface area contributed by atoms with Gasteiger partial charge >= 0.3 is 43.3 Å². The van der Waals surface area contributed by atoms with Gasteiger partial charge in [0.2, 0.25) is 0 Å². The molecule has 6 nitrogen and oxygen atoms in total. The van der Waals surface area contributed by atoms with E-state index in [4.69, 9.17) is 9.79 Å². The molecule has 0 amide bonds. The zero-order valence-electron chi connectivity index (χ0n) is 6.88. The SMILES string of the molecule is C=CC(=O)OCCCOP(=O)(O)O.[NaH]. The molecule has 0 aliphatic heterocycles. The van der Waals surface area contributed by atoms with E-state index in [9.17, 15) is 9.36 Å². The standard InChI is InChI=1S/C6H11O6P.Na.H/c1-2-6(7)11-4-3-5-12-13(8,9)10;;/h2H,1,3-5H2,(H2,8,9,10);;. The Bertz CT molecular complexity index is 224. The Hall–Kier alpha value is 0.320. The average molecular weight is 234 g/mol. The molecule has 2 N–H and O–H groups in total. The zero-order chi connectivity index (χ0) is 10.3. The van der Waals surface area contributed by atoms with E-state index in [0.717, 1.165) is 6.08 Å². The predicted molar refractivity (Wildman–Crippen MR) is 50.9 cm³/mol. The van der Waals surface area contributed by atoms with Crippen LogP contribution in [0.25, 0.3) is 0 Å². The molecule has 0 aliphatic carbocycles. The van der Waals surface area contributed by atoms with Crippen molar-refractivity contribution in [1.29, 1.82) is 0 Å². The summed E-state index contributed by atoms with van der Waals surface area (Å²) in [5, 5.41) is 0. The molecule has 0 saturated heterocycles. The number of carbonyl (C=O) groups is 1. The number of esters is 1. The Labute approximate surface area is 104 Å². The fraction of sp³-hybridized carbons (Fsp3) is 0.500. The first-order valence-corrected chi connectivity index (χ1v) is 4.98. The molecule has 0 bridgehead atoms. The summed E-state index contributed by atoms with van der Waals surface area (Å²) in [6.45, 7) is 3.06. The van der Waals surface area contributed by atoms with E-state index in [0.29, 0.717) is 0 Å². The molecule has 0 aromatic carbocycles. The molecule has 0 atom stereocenters. The monoisotopic (exact) mass is 234 g/mol. The number of hydrogen-bond acceptors (Lipinski definition) is 4. The fourth-order valence-corrected chi connectivity index (χ4v) is 0.841. The number of phosphoric ester groups is 1. The number of rotatable bonds is 6. The van der Waals surface area contributed by atoms with E-state index in [1.165, 1.54) is 0 Å². The van der Waals surface area contributed by atoms with Gasteiger partial charge < -0.3 is 14.5 Å². The van der Waals surface area contributed by atoms with Crippen molar-refractivity contribution in [2.45, 2.75) is 6.42 Å². The van der Waals surface area contributed by atoms with Crippen LogP contribution < -0.4 is 0 Å². The van der Waals surface area contributed by atoms with E-state index in [1.807, 2.05) is 0 Å². The summed E-state index contributed by atoms with van der Waals surface area (Å²) in [6.07, 6.45) is 1.23. The van der Waals surface area contributed by atoms with Gasteiger partial charge in [-0.3, -0.25) is 4.52 Å². The number of phosphoric acid groups is 1. The molecule has 0 spiro atoms. The third-order valence-electron chi connectivity index (χ3n) is 0.959. The molecular weight excluding hydrogens is 222 g/mol. The summed E-state index contributed by atoms with van der Waals surface area (Å²) in [6, 6.07) is 0. The van der Waals surface area contributed by atoms with Gasteiger partial charge in [-0.05, 0) is 0 Å². The van der Waals surface area contributed by atoms with Crippen molar-refractivity contribution < 1.29 is 28.4 Å². The van der Waals surface area contributed by atoms with Crippen LogP contribution in [0, 0.1) is 0 Å². The van der Waals surface area contributed by atoms with Crippen LogP contribution in [0.1, 0.15) is 6.42 Å². The molecule has 14 heavy (non-hydrogen) atoms. The van der Waals surface area contributed by atoms with Crippen LogP contribution in [0.15, 0.2) is 12.7 Å². The van der Waals surface area contributed by atoms with Gasteiger partial charge in [-0.2, -0.15) is 0 Å². The molecule has 0 heterocycles. The van der Waals surface area contributed by atoms with Crippen LogP contribution in [-0.4, -0.2) is 58.5 Å². The van der Waals surface area contributed by atoms with Crippen molar-refractivity contribution in [2.75, 3.05) is 13.2 Å². The van der Waals surface area contributed by atoms with Gasteiger partial charge in [0, 0.05) is 12.5 Å². The van der Waals surface area contributed by atoms with Crippen molar-refractivity contribution >= 4 is 43.3 Å². The Kier molecular flexibility index (Phi) is 10.3. The maximum atomic E-state index is 10.4. The molecule has 0 radical (unpaired) electrons. The molecule has 0 aliphatic rings.